The number of hydrogen-bond donors (Lipinski definition) is 1. The molecule has 0 saturated heterocycles. The molecule has 164 valence electrons. The molecule has 1 aliphatic carbocycles. The van der Waals surface area contributed by atoms with Crippen molar-refractivity contribution in [2.75, 3.05) is 0 Å². The molecule has 1 heterocycles. The summed E-state index contributed by atoms with van der Waals surface area (Å²) in [6.07, 6.45) is 5.35. The molecule has 1 unspecified atom stereocenters. The van der Waals surface area contributed by atoms with Crippen molar-refractivity contribution >= 4 is 5.97 Å². The lowest BCUT2D eigenvalue weighted by molar-refractivity contribution is -0.207. The van der Waals surface area contributed by atoms with E-state index in [0.717, 1.165) is 42.4 Å². The smallest absolute Gasteiger partial charge is 0.337 e. The first-order valence-corrected chi connectivity index (χ1v) is 10.8. The second-order valence-electron chi connectivity index (χ2n) is 9.57. The van der Waals surface area contributed by atoms with Crippen molar-refractivity contribution in [3.63, 3.8) is 0 Å². The molecule has 5 heteroatoms. The van der Waals surface area contributed by atoms with E-state index >= 15 is 0 Å². The molecular weight excluding hydrogens is 390 g/mol. The summed E-state index contributed by atoms with van der Waals surface area (Å²) in [5.41, 5.74) is 0.878. The van der Waals surface area contributed by atoms with Gasteiger partial charge >= 0.3 is 5.97 Å². The number of hydrogen-bond acceptors (Lipinski definition) is 4. The molecule has 5 nitrogen and oxygen atoms in total. The highest BCUT2D eigenvalue weighted by Gasteiger charge is 2.41. The zero-order chi connectivity index (χ0) is 22.9. The summed E-state index contributed by atoms with van der Waals surface area (Å²) in [6, 6.07) is 5.80. The van der Waals surface area contributed by atoms with E-state index in [1.54, 1.807) is 13.8 Å². The van der Waals surface area contributed by atoms with Gasteiger partial charge in [0.1, 0.15) is 11.4 Å². The van der Waals surface area contributed by atoms with Gasteiger partial charge in [0, 0.05) is 45.2 Å². The van der Waals surface area contributed by atoms with Gasteiger partial charge in [-0.1, -0.05) is 24.7 Å². The lowest BCUT2D eigenvalue weighted by atomic mass is 9.82. The predicted octanol–water partition coefficient (Wildman–Crippen LogP) is 5.01. The Labute approximate surface area is 185 Å². The zero-order valence-electron chi connectivity index (χ0n) is 19.0. The van der Waals surface area contributed by atoms with Crippen molar-refractivity contribution in [2.24, 2.45) is 5.92 Å². The highest BCUT2D eigenvalue weighted by Crippen LogP contribution is 2.39. The fraction of sp³-hybridized carbons (Fsp3) is 0.538. The Bertz CT molecular complexity index is 996. The second kappa shape index (κ2) is 8.40. The molecule has 1 aliphatic heterocycles. The third-order valence-corrected chi connectivity index (χ3v) is 6.06. The lowest BCUT2D eigenvalue weighted by Gasteiger charge is -2.35. The van der Waals surface area contributed by atoms with Crippen LogP contribution in [0.1, 0.15) is 76.5 Å². The molecule has 1 fully saturated rings. The van der Waals surface area contributed by atoms with Gasteiger partial charge in [-0.25, -0.2) is 11.4 Å². The number of aliphatic hydroxyl groups is 1. The molecule has 31 heavy (non-hydrogen) atoms. The third kappa shape index (κ3) is 5.30. The predicted molar refractivity (Wildman–Crippen MR) is 119 cm³/mol. The lowest BCUT2D eigenvalue weighted by Crippen LogP contribution is -2.40. The van der Waals surface area contributed by atoms with Crippen LogP contribution in [0.4, 0.5) is 0 Å². The Morgan fingerprint density at radius 2 is 1.94 bits per heavy atom. The van der Waals surface area contributed by atoms with Crippen molar-refractivity contribution in [3.05, 3.63) is 58.1 Å². The van der Waals surface area contributed by atoms with Crippen LogP contribution >= 0.6 is 0 Å². The van der Waals surface area contributed by atoms with Crippen LogP contribution in [-0.2, 0) is 19.8 Å². The van der Waals surface area contributed by atoms with Crippen LogP contribution < -0.4 is 0 Å². The Hall–Kier alpha value is -2.76. The van der Waals surface area contributed by atoms with Gasteiger partial charge in [-0.15, -0.1) is 0 Å². The first-order chi connectivity index (χ1) is 14.4. The molecule has 1 aromatic rings. The fourth-order valence-corrected chi connectivity index (χ4v) is 4.48. The summed E-state index contributed by atoms with van der Waals surface area (Å²) in [7, 11) is 0. The summed E-state index contributed by atoms with van der Waals surface area (Å²) >= 11 is 0. The van der Waals surface area contributed by atoms with Gasteiger partial charge in [-0.3, -0.25) is 0 Å². The number of ether oxygens (including phenoxy) is 2. The summed E-state index contributed by atoms with van der Waals surface area (Å²) in [5.74, 6) is 5.15. The quantitative estimate of drug-likeness (QED) is 0.422. The summed E-state index contributed by atoms with van der Waals surface area (Å²) in [4.78, 5) is 15.7. The van der Waals surface area contributed by atoms with Gasteiger partial charge in [0.15, 0.2) is 0 Å². The Morgan fingerprint density at radius 1 is 1.26 bits per heavy atom. The molecule has 0 amide bonds. The molecule has 0 spiro atoms. The van der Waals surface area contributed by atoms with Crippen molar-refractivity contribution in [1.82, 2.24) is 0 Å². The van der Waals surface area contributed by atoms with Gasteiger partial charge in [0.2, 0.25) is 5.79 Å². The number of aryl methyl sites for hydroxylation is 1. The maximum atomic E-state index is 11.9. The van der Waals surface area contributed by atoms with Crippen LogP contribution in [0.2, 0.25) is 0 Å². The molecule has 0 bridgehead atoms. The minimum atomic E-state index is -1.29. The molecule has 3 rings (SSSR count). The van der Waals surface area contributed by atoms with E-state index in [0.29, 0.717) is 5.76 Å². The SMILES string of the molecule is [C-]#[N+]C(C)(C)c1ccc(C#CC(O)(CC2=CC(=O)OC(C)(C)O2)C2CCCC2)cc1C. The van der Waals surface area contributed by atoms with E-state index in [1.807, 2.05) is 39.0 Å². The van der Waals surface area contributed by atoms with Gasteiger partial charge in [0.25, 0.3) is 5.54 Å². The monoisotopic (exact) mass is 421 g/mol. The highest BCUT2D eigenvalue weighted by atomic mass is 16.7. The molecule has 1 atom stereocenters. The number of nitrogens with zero attached hydrogens (tertiary/aromatic N) is 1. The van der Waals surface area contributed by atoms with Crippen molar-refractivity contribution in [3.8, 4) is 11.8 Å². The molecule has 0 aromatic heterocycles. The van der Waals surface area contributed by atoms with Crippen molar-refractivity contribution in [2.45, 2.75) is 83.6 Å². The van der Waals surface area contributed by atoms with Crippen molar-refractivity contribution in [1.29, 1.82) is 0 Å². The zero-order valence-corrected chi connectivity index (χ0v) is 19.0. The van der Waals surface area contributed by atoms with Gasteiger partial charge in [-0.05, 0) is 49.4 Å². The number of carbonyl (C=O) groups is 1. The van der Waals surface area contributed by atoms with E-state index in [1.165, 1.54) is 6.08 Å². The normalized spacial score (nSPS) is 20.4. The number of esters is 1. The largest absolute Gasteiger partial charge is 0.457 e. The van der Waals surface area contributed by atoms with Crippen LogP contribution in [0.5, 0.6) is 0 Å². The summed E-state index contributed by atoms with van der Waals surface area (Å²) in [5, 5.41) is 11.6. The van der Waals surface area contributed by atoms with Gasteiger partial charge in [-0.2, -0.15) is 0 Å². The first kappa shape index (κ1) is 22.9. The van der Waals surface area contributed by atoms with Crippen LogP contribution in [0.15, 0.2) is 30.0 Å². The van der Waals surface area contributed by atoms with E-state index in [2.05, 4.69) is 16.7 Å². The number of rotatable bonds is 4. The maximum absolute atomic E-state index is 11.9. The molecule has 0 radical (unpaired) electrons. The van der Waals surface area contributed by atoms with E-state index in [9.17, 15) is 9.90 Å². The Balaban J connectivity index is 1.91. The van der Waals surface area contributed by atoms with Crippen LogP contribution in [0.25, 0.3) is 4.85 Å². The second-order valence-corrected chi connectivity index (χ2v) is 9.57. The topological polar surface area (TPSA) is 60.1 Å². The molecular formula is C26H31NO4. The van der Waals surface area contributed by atoms with Gasteiger partial charge < -0.3 is 19.4 Å². The highest BCUT2D eigenvalue weighted by molar-refractivity contribution is 5.83. The average Bonchev–Trinajstić information content (AvgIpc) is 3.20. The Kier molecular flexibility index (Phi) is 6.21. The van der Waals surface area contributed by atoms with Crippen LogP contribution in [-0.4, -0.2) is 22.5 Å². The fourth-order valence-electron chi connectivity index (χ4n) is 4.48. The minimum absolute atomic E-state index is 0.0203. The molecule has 1 saturated carbocycles. The van der Waals surface area contributed by atoms with E-state index in [4.69, 9.17) is 16.0 Å². The first-order valence-electron chi connectivity index (χ1n) is 10.8. The van der Waals surface area contributed by atoms with Crippen molar-refractivity contribution < 1.29 is 19.4 Å². The minimum Gasteiger partial charge on any atom is -0.457 e. The van der Waals surface area contributed by atoms with Gasteiger partial charge in [0.05, 0.1) is 6.08 Å². The Morgan fingerprint density at radius 3 is 2.52 bits per heavy atom. The summed E-state index contributed by atoms with van der Waals surface area (Å²) in [6.45, 7) is 16.6. The third-order valence-electron chi connectivity index (χ3n) is 6.06. The molecule has 2 aliphatic rings. The molecule has 1 N–H and O–H groups in total. The van der Waals surface area contributed by atoms with Crippen LogP contribution in [0, 0.1) is 31.3 Å². The van der Waals surface area contributed by atoms with E-state index < -0.39 is 22.9 Å². The van der Waals surface area contributed by atoms with Crippen LogP contribution in [0.3, 0.4) is 0 Å². The standard InChI is InChI=1S/C26H31NO4/c1-18-15-19(11-12-22(18)24(2,3)27-6)13-14-26(29,20-9-7-8-10-20)17-21-16-23(28)31-25(4,5)30-21/h11-12,15-16,20,29H,7-10,17H2,1-5H3. The number of carbonyl (C=O) groups excluding carboxylic acids is 1. The maximum Gasteiger partial charge on any atom is 0.337 e. The molecule has 1 aromatic carbocycles. The average molecular weight is 422 g/mol. The number of cyclic esters (lactones) is 1. The summed E-state index contributed by atoms with van der Waals surface area (Å²) < 4.78 is 11.0. The number of benzene rings is 1. The van der Waals surface area contributed by atoms with E-state index in [-0.39, 0.29) is 12.3 Å².